The van der Waals surface area contributed by atoms with E-state index >= 15 is 0 Å². The lowest BCUT2D eigenvalue weighted by Crippen LogP contribution is -2.28. The van der Waals surface area contributed by atoms with E-state index in [1.165, 1.54) is 0 Å². The van der Waals surface area contributed by atoms with Gasteiger partial charge in [0.05, 0.1) is 17.6 Å². The molecular weight excluding hydrogens is 368 g/mol. The number of amides is 2. The summed E-state index contributed by atoms with van der Waals surface area (Å²) in [5, 5.41) is 2.84. The number of carbonyl (C=O) groups is 3. The van der Waals surface area contributed by atoms with Gasteiger partial charge in [0.25, 0.3) is 0 Å². The molecule has 152 valence electrons. The summed E-state index contributed by atoms with van der Waals surface area (Å²) >= 11 is 0. The van der Waals surface area contributed by atoms with E-state index in [4.69, 9.17) is 4.74 Å². The van der Waals surface area contributed by atoms with Crippen molar-refractivity contribution in [1.82, 2.24) is 0 Å². The second kappa shape index (κ2) is 8.90. The summed E-state index contributed by atoms with van der Waals surface area (Å²) < 4.78 is 5.15. The van der Waals surface area contributed by atoms with E-state index in [1.54, 1.807) is 43.0 Å². The highest BCUT2D eigenvalue weighted by atomic mass is 16.5. The normalized spacial score (nSPS) is 16.2. The average Bonchev–Trinajstić information content (AvgIpc) is 3.09. The van der Waals surface area contributed by atoms with Crippen LogP contribution < -0.4 is 10.2 Å². The highest BCUT2D eigenvalue weighted by Crippen LogP contribution is 2.29. The molecule has 2 aromatic rings. The van der Waals surface area contributed by atoms with Gasteiger partial charge in [-0.15, -0.1) is 0 Å². The van der Waals surface area contributed by atoms with Crippen LogP contribution in [0.1, 0.15) is 43.1 Å². The molecule has 6 nitrogen and oxygen atoms in total. The molecule has 2 amide bonds. The van der Waals surface area contributed by atoms with E-state index in [2.05, 4.69) is 5.32 Å². The van der Waals surface area contributed by atoms with Crippen LogP contribution in [0.4, 0.5) is 11.4 Å². The first-order chi connectivity index (χ1) is 13.9. The summed E-state index contributed by atoms with van der Waals surface area (Å²) in [5.41, 5.74) is 2.97. The van der Waals surface area contributed by atoms with Crippen molar-refractivity contribution in [3.8, 4) is 0 Å². The Bertz CT molecular complexity index is 905. The number of hydrogen-bond donors (Lipinski definition) is 1. The van der Waals surface area contributed by atoms with Crippen molar-refractivity contribution in [2.24, 2.45) is 5.92 Å². The minimum absolute atomic E-state index is 0.0437. The Morgan fingerprint density at radius 3 is 2.48 bits per heavy atom. The molecule has 1 N–H and O–H groups in total. The number of benzene rings is 2. The van der Waals surface area contributed by atoms with Crippen LogP contribution in [0.3, 0.4) is 0 Å². The number of rotatable bonds is 6. The second-order valence-corrected chi connectivity index (χ2v) is 7.41. The summed E-state index contributed by atoms with van der Waals surface area (Å²) in [7, 11) is 0. The molecular formula is C23H26N2O4. The van der Waals surface area contributed by atoms with Crippen LogP contribution in [0.25, 0.3) is 0 Å². The minimum Gasteiger partial charge on any atom is -0.459 e. The van der Waals surface area contributed by atoms with Crippen LogP contribution in [0, 0.1) is 5.92 Å². The Morgan fingerprint density at radius 2 is 1.83 bits per heavy atom. The zero-order valence-electron chi connectivity index (χ0n) is 17.0. The predicted octanol–water partition coefficient (Wildman–Crippen LogP) is 3.81. The Kier molecular flexibility index (Phi) is 6.32. The first-order valence-corrected chi connectivity index (χ1v) is 9.89. The summed E-state index contributed by atoms with van der Waals surface area (Å²) in [5.74, 6) is -1.06. The van der Waals surface area contributed by atoms with Crippen LogP contribution in [0.15, 0.2) is 48.5 Å². The molecule has 0 saturated carbocycles. The summed E-state index contributed by atoms with van der Waals surface area (Å²) in [6, 6.07) is 14.3. The zero-order chi connectivity index (χ0) is 21.0. The second-order valence-electron chi connectivity index (χ2n) is 7.41. The first-order valence-electron chi connectivity index (χ1n) is 9.89. The number of hydrogen-bond acceptors (Lipinski definition) is 4. The Morgan fingerprint density at radius 1 is 1.14 bits per heavy atom. The van der Waals surface area contributed by atoms with Crippen molar-refractivity contribution in [3.05, 3.63) is 59.7 Å². The molecule has 0 unspecified atom stereocenters. The van der Waals surface area contributed by atoms with Gasteiger partial charge in [-0.2, -0.15) is 0 Å². The number of ether oxygens (including phenoxy) is 1. The lowest BCUT2D eigenvalue weighted by molar-refractivity contribution is -0.122. The molecule has 1 heterocycles. The summed E-state index contributed by atoms with van der Waals surface area (Å²) in [6.07, 6.45) is 0.813. The van der Waals surface area contributed by atoms with Crippen molar-refractivity contribution in [2.45, 2.75) is 39.7 Å². The molecule has 1 aliphatic heterocycles. The maximum absolute atomic E-state index is 12.7. The standard InChI is InChI=1S/C23H26N2O4/c1-4-16-7-5-6-8-20(16)25-14-18(13-21(25)26)22(27)24-19-11-9-17(10-12-19)23(28)29-15(2)3/h5-12,15,18H,4,13-14H2,1-3H3,(H,24,27)/t18-/m1/s1. The van der Waals surface area contributed by atoms with Crippen molar-refractivity contribution < 1.29 is 19.1 Å². The van der Waals surface area contributed by atoms with Gasteiger partial charge in [0.15, 0.2) is 0 Å². The van der Waals surface area contributed by atoms with Crippen LogP contribution in [0.5, 0.6) is 0 Å². The number of nitrogens with one attached hydrogen (secondary N) is 1. The molecule has 1 aliphatic rings. The summed E-state index contributed by atoms with van der Waals surface area (Å²) in [6.45, 7) is 5.99. The molecule has 2 aromatic carbocycles. The van der Waals surface area contributed by atoms with E-state index in [0.29, 0.717) is 17.8 Å². The molecule has 1 fully saturated rings. The van der Waals surface area contributed by atoms with Gasteiger partial charge in [-0.25, -0.2) is 4.79 Å². The summed E-state index contributed by atoms with van der Waals surface area (Å²) in [4.78, 5) is 38.8. The van der Waals surface area contributed by atoms with Gasteiger partial charge < -0.3 is 15.0 Å². The smallest absolute Gasteiger partial charge is 0.338 e. The fourth-order valence-corrected chi connectivity index (χ4v) is 3.41. The van der Waals surface area contributed by atoms with E-state index in [-0.39, 0.29) is 24.3 Å². The van der Waals surface area contributed by atoms with Gasteiger partial charge >= 0.3 is 5.97 Å². The van der Waals surface area contributed by atoms with Crippen molar-refractivity contribution in [2.75, 3.05) is 16.8 Å². The molecule has 1 saturated heterocycles. The fraction of sp³-hybridized carbons (Fsp3) is 0.348. The maximum atomic E-state index is 12.7. The highest BCUT2D eigenvalue weighted by Gasteiger charge is 2.35. The van der Waals surface area contributed by atoms with E-state index in [0.717, 1.165) is 17.7 Å². The third-order valence-electron chi connectivity index (χ3n) is 4.89. The van der Waals surface area contributed by atoms with E-state index in [1.807, 2.05) is 31.2 Å². The number of esters is 1. The molecule has 0 bridgehead atoms. The molecule has 0 aliphatic carbocycles. The van der Waals surface area contributed by atoms with Crippen molar-refractivity contribution in [3.63, 3.8) is 0 Å². The van der Waals surface area contributed by atoms with Crippen LogP contribution in [-0.2, 0) is 20.7 Å². The number of aryl methyl sites for hydroxylation is 1. The molecule has 0 radical (unpaired) electrons. The zero-order valence-corrected chi connectivity index (χ0v) is 17.0. The molecule has 3 rings (SSSR count). The number of carbonyl (C=O) groups excluding carboxylic acids is 3. The number of para-hydroxylation sites is 1. The molecule has 0 spiro atoms. The monoisotopic (exact) mass is 394 g/mol. The maximum Gasteiger partial charge on any atom is 0.338 e. The van der Waals surface area contributed by atoms with Gasteiger partial charge in [0.1, 0.15) is 0 Å². The lowest BCUT2D eigenvalue weighted by Gasteiger charge is -2.20. The molecule has 0 aromatic heterocycles. The average molecular weight is 394 g/mol. The predicted molar refractivity (Wildman–Crippen MR) is 112 cm³/mol. The van der Waals surface area contributed by atoms with Crippen molar-refractivity contribution in [1.29, 1.82) is 0 Å². The third kappa shape index (κ3) is 4.83. The Balaban J connectivity index is 1.64. The van der Waals surface area contributed by atoms with Crippen molar-refractivity contribution >= 4 is 29.2 Å². The molecule has 29 heavy (non-hydrogen) atoms. The Labute approximate surface area is 170 Å². The van der Waals surface area contributed by atoms with Gasteiger partial charge in [-0.1, -0.05) is 25.1 Å². The minimum atomic E-state index is -0.419. The van der Waals surface area contributed by atoms with Crippen LogP contribution in [-0.4, -0.2) is 30.4 Å². The number of anilines is 2. The van der Waals surface area contributed by atoms with Crippen LogP contribution in [0.2, 0.25) is 0 Å². The third-order valence-corrected chi connectivity index (χ3v) is 4.89. The molecule has 6 heteroatoms. The van der Waals surface area contributed by atoms with Gasteiger partial charge in [-0.3, -0.25) is 9.59 Å². The molecule has 1 atom stereocenters. The Hall–Kier alpha value is -3.15. The van der Waals surface area contributed by atoms with Gasteiger partial charge in [0.2, 0.25) is 11.8 Å². The fourth-order valence-electron chi connectivity index (χ4n) is 3.41. The van der Waals surface area contributed by atoms with E-state index < -0.39 is 11.9 Å². The SMILES string of the molecule is CCc1ccccc1N1C[C@H](C(=O)Nc2ccc(C(=O)OC(C)C)cc2)CC1=O. The topological polar surface area (TPSA) is 75.7 Å². The highest BCUT2D eigenvalue weighted by molar-refractivity contribution is 6.04. The number of nitrogens with zero attached hydrogens (tertiary/aromatic N) is 1. The quantitative estimate of drug-likeness (QED) is 0.756. The largest absolute Gasteiger partial charge is 0.459 e. The van der Waals surface area contributed by atoms with Gasteiger partial charge in [-0.05, 0) is 56.2 Å². The van der Waals surface area contributed by atoms with Gasteiger partial charge in [0, 0.05) is 24.3 Å². The van der Waals surface area contributed by atoms with E-state index in [9.17, 15) is 14.4 Å². The first kappa shape index (κ1) is 20.6. The lowest BCUT2D eigenvalue weighted by atomic mass is 10.1. The van der Waals surface area contributed by atoms with Crippen LogP contribution >= 0.6 is 0 Å².